The topological polar surface area (TPSA) is 81.9 Å². The molecule has 1 heterocycles. The van der Waals surface area contributed by atoms with Gasteiger partial charge >= 0.3 is 0 Å². The third-order valence-corrected chi connectivity index (χ3v) is 4.15. The molecular formula is C19H20FN5O2. The molecule has 27 heavy (non-hydrogen) atoms. The van der Waals surface area contributed by atoms with Crippen LogP contribution in [0.25, 0.3) is 5.69 Å². The normalized spacial score (nSPS) is 13.0. The molecule has 1 N–H and O–H groups in total. The van der Waals surface area contributed by atoms with Crippen LogP contribution >= 0.6 is 0 Å². The SMILES string of the molecule is CC(Oc1ccc(-n2cnnn2)cc1)C(=O)NCC(C)c1ccc(F)cc1. The lowest BCUT2D eigenvalue weighted by atomic mass is 10.0. The van der Waals surface area contributed by atoms with Gasteiger partial charge in [-0.25, -0.2) is 9.07 Å². The third kappa shape index (κ3) is 4.87. The summed E-state index contributed by atoms with van der Waals surface area (Å²) in [6.07, 6.45) is 0.845. The van der Waals surface area contributed by atoms with Crippen molar-refractivity contribution < 1.29 is 13.9 Å². The predicted octanol–water partition coefficient (Wildman–Crippen LogP) is 2.49. The lowest BCUT2D eigenvalue weighted by Gasteiger charge is -2.17. The third-order valence-electron chi connectivity index (χ3n) is 4.15. The molecule has 8 heteroatoms. The minimum Gasteiger partial charge on any atom is -0.481 e. The summed E-state index contributed by atoms with van der Waals surface area (Å²) in [5.41, 5.74) is 1.75. The molecule has 0 bridgehead atoms. The van der Waals surface area contributed by atoms with E-state index < -0.39 is 6.10 Å². The lowest BCUT2D eigenvalue weighted by Crippen LogP contribution is -2.38. The highest BCUT2D eigenvalue weighted by Crippen LogP contribution is 2.17. The number of nitrogens with zero attached hydrogens (tertiary/aromatic N) is 4. The maximum atomic E-state index is 13.0. The van der Waals surface area contributed by atoms with Gasteiger partial charge in [0.2, 0.25) is 0 Å². The lowest BCUT2D eigenvalue weighted by molar-refractivity contribution is -0.127. The summed E-state index contributed by atoms with van der Waals surface area (Å²) in [6, 6.07) is 13.4. The first-order valence-electron chi connectivity index (χ1n) is 8.56. The minimum absolute atomic E-state index is 0.0670. The van der Waals surface area contributed by atoms with Crippen molar-refractivity contribution in [3.05, 3.63) is 66.2 Å². The second-order valence-corrected chi connectivity index (χ2v) is 6.21. The van der Waals surface area contributed by atoms with Gasteiger partial charge in [-0.15, -0.1) is 5.10 Å². The van der Waals surface area contributed by atoms with Gasteiger partial charge < -0.3 is 10.1 Å². The standard InChI is InChI=1S/C19H20FN5O2/c1-13(15-3-5-16(20)6-4-15)11-21-19(26)14(2)27-18-9-7-17(8-10-18)25-12-22-23-24-25/h3-10,12-14H,11H2,1-2H3,(H,21,26). The number of carbonyl (C=O) groups is 1. The number of benzene rings is 2. The molecule has 0 aliphatic carbocycles. The van der Waals surface area contributed by atoms with Gasteiger partial charge in [0.1, 0.15) is 17.9 Å². The number of rotatable bonds is 7. The fourth-order valence-electron chi connectivity index (χ4n) is 2.52. The van der Waals surface area contributed by atoms with Crippen LogP contribution in [0.5, 0.6) is 5.75 Å². The molecule has 1 amide bonds. The van der Waals surface area contributed by atoms with E-state index in [4.69, 9.17) is 4.74 Å². The van der Waals surface area contributed by atoms with E-state index in [-0.39, 0.29) is 17.6 Å². The van der Waals surface area contributed by atoms with Crippen molar-refractivity contribution in [3.8, 4) is 11.4 Å². The molecule has 2 aromatic carbocycles. The van der Waals surface area contributed by atoms with Gasteiger partial charge in [-0.3, -0.25) is 4.79 Å². The molecule has 140 valence electrons. The summed E-state index contributed by atoms with van der Waals surface area (Å²) in [5.74, 6) is 0.148. The maximum Gasteiger partial charge on any atom is 0.260 e. The van der Waals surface area contributed by atoms with Crippen molar-refractivity contribution >= 4 is 5.91 Å². The molecule has 0 radical (unpaired) electrons. The van der Waals surface area contributed by atoms with Crippen LogP contribution in [0.15, 0.2) is 54.9 Å². The Morgan fingerprint density at radius 1 is 1.15 bits per heavy atom. The van der Waals surface area contributed by atoms with E-state index in [0.29, 0.717) is 12.3 Å². The van der Waals surface area contributed by atoms with Gasteiger partial charge in [0, 0.05) is 6.54 Å². The summed E-state index contributed by atoms with van der Waals surface area (Å²) < 4.78 is 20.2. The van der Waals surface area contributed by atoms with Gasteiger partial charge in [-0.1, -0.05) is 19.1 Å². The van der Waals surface area contributed by atoms with Crippen LogP contribution in [0.4, 0.5) is 4.39 Å². The number of amides is 1. The molecule has 0 saturated carbocycles. The largest absolute Gasteiger partial charge is 0.481 e. The minimum atomic E-state index is -0.649. The van der Waals surface area contributed by atoms with Gasteiger partial charge in [-0.05, 0) is 65.2 Å². The average molecular weight is 369 g/mol. The summed E-state index contributed by atoms with van der Waals surface area (Å²) in [6.45, 7) is 4.10. The first-order valence-corrected chi connectivity index (χ1v) is 8.56. The van der Waals surface area contributed by atoms with Gasteiger partial charge in [0.05, 0.1) is 5.69 Å². The van der Waals surface area contributed by atoms with Gasteiger partial charge in [0.25, 0.3) is 5.91 Å². The summed E-state index contributed by atoms with van der Waals surface area (Å²) in [4.78, 5) is 12.3. The first-order chi connectivity index (χ1) is 13.0. The number of tetrazole rings is 1. The summed E-state index contributed by atoms with van der Waals surface area (Å²) in [7, 11) is 0. The maximum absolute atomic E-state index is 13.0. The van der Waals surface area contributed by atoms with Crippen LogP contribution in [0.2, 0.25) is 0 Å². The Kier molecular flexibility index (Phi) is 5.75. The molecule has 2 atom stereocenters. The Labute approximate surface area is 156 Å². The number of ether oxygens (including phenoxy) is 1. The zero-order chi connectivity index (χ0) is 19.2. The Bertz CT molecular complexity index is 866. The average Bonchev–Trinajstić information content (AvgIpc) is 3.21. The second kappa shape index (κ2) is 8.39. The molecule has 0 saturated heterocycles. The van der Waals surface area contributed by atoms with Crippen molar-refractivity contribution in [2.24, 2.45) is 0 Å². The van der Waals surface area contributed by atoms with E-state index in [0.717, 1.165) is 11.3 Å². The van der Waals surface area contributed by atoms with E-state index in [1.807, 2.05) is 6.92 Å². The van der Waals surface area contributed by atoms with Crippen LogP contribution in [0.1, 0.15) is 25.3 Å². The van der Waals surface area contributed by atoms with Crippen molar-refractivity contribution in [2.45, 2.75) is 25.9 Å². The monoisotopic (exact) mass is 369 g/mol. The number of halogens is 1. The first kappa shape index (κ1) is 18.5. The Morgan fingerprint density at radius 2 is 1.85 bits per heavy atom. The molecule has 0 fully saturated rings. The van der Waals surface area contributed by atoms with Crippen molar-refractivity contribution in [1.29, 1.82) is 0 Å². The van der Waals surface area contributed by atoms with E-state index in [1.54, 1.807) is 43.3 Å². The highest BCUT2D eigenvalue weighted by molar-refractivity contribution is 5.80. The highest BCUT2D eigenvalue weighted by Gasteiger charge is 2.16. The number of nitrogens with one attached hydrogen (secondary N) is 1. The number of hydrogen-bond acceptors (Lipinski definition) is 5. The zero-order valence-electron chi connectivity index (χ0n) is 15.0. The highest BCUT2D eigenvalue weighted by atomic mass is 19.1. The van der Waals surface area contributed by atoms with E-state index in [2.05, 4.69) is 20.8 Å². The van der Waals surface area contributed by atoms with E-state index in [9.17, 15) is 9.18 Å². The van der Waals surface area contributed by atoms with Crippen molar-refractivity contribution in [3.63, 3.8) is 0 Å². The van der Waals surface area contributed by atoms with Crippen LogP contribution in [-0.4, -0.2) is 38.8 Å². The molecule has 1 aromatic heterocycles. The molecule has 0 spiro atoms. The second-order valence-electron chi connectivity index (χ2n) is 6.21. The number of hydrogen-bond donors (Lipinski definition) is 1. The molecule has 0 aliphatic heterocycles. The molecule has 2 unspecified atom stereocenters. The van der Waals surface area contributed by atoms with Crippen LogP contribution < -0.4 is 10.1 Å². The van der Waals surface area contributed by atoms with Gasteiger partial charge in [0.15, 0.2) is 6.10 Å². The molecule has 3 rings (SSSR count). The quantitative estimate of drug-likeness (QED) is 0.692. The van der Waals surface area contributed by atoms with E-state index in [1.165, 1.54) is 23.1 Å². The fraction of sp³-hybridized carbons (Fsp3) is 0.263. The van der Waals surface area contributed by atoms with Crippen LogP contribution in [0, 0.1) is 5.82 Å². The van der Waals surface area contributed by atoms with Gasteiger partial charge in [-0.2, -0.15) is 0 Å². The predicted molar refractivity (Wildman–Crippen MR) is 97.1 cm³/mol. The summed E-state index contributed by atoms with van der Waals surface area (Å²) in [5, 5.41) is 13.8. The molecule has 3 aromatic rings. The van der Waals surface area contributed by atoms with Crippen LogP contribution in [0.3, 0.4) is 0 Å². The zero-order valence-corrected chi connectivity index (χ0v) is 15.0. The van der Waals surface area contributed by atoms with Crippen LogP contribution in [-0.2, 0) is 4.79 Å². The Hall–Kier alpha value is -3.29. The van der Waals surface area contributed by atoms with Crippen molar-refractivity contribution in [2.75, 3.05) is 6.54 Å². The Morgan fingerprint density at radius 3 is 2.48 bits per heavy atom. The van der Waals surface area contributed by atoms with Crippen molar-refractivity contribution in [1.82, 2.24) is 25.5 Å². The molecule has 0 aliphatic rings. The Balaban J connectivity index is 1.50. The van der Waals surface area contributed by atoms with E-state index >= 15 is 0 Å². The molecule has 7 nitrogen and oxygen atoms in total. The number of aromatic nitrogens is 4. The fourth-order valence-corrected chi connectivity index (χ4v) is 2.52. The summed E-state index contributed by atoms with van der Waals surface area (Å²) >= 11 is 0. The molecular weight excluding hydrogens is 349 g/mol. The number of carbonyl (C=O) groups excluding carboxylic acids is 1. The smallest absolute Gasteiger partial charge is 0.260 e.